The number of H-pyrrole nitrogens is 1. The Morgan fingerprint density at radius 1 is 1.16 bits per heavy atom. The molecule has 0 bridgehead atoms. The SMILES string of the molecule is CCn1c(=S)[nH]c2cc(C(=O)Nc3ccc(CN4CCC(C)CC4)cc3)ccc2c1=O. The molecule has 1 aliphatic heterocycles. The standard InChI is InChI=1S/C24H28N4O2S/c1-3-28-23(30)20-9-6-18(14-21(20)26-24(28)31)22(29)25-19-7-4-17(5-8-19)15-27-12-10-16(2)11-13-27/h4-9,14,16H,3,10-13,15H2,1-2H3,(H,25,29)(H,26,31). The zero-order valence-corrected chi connectivity index (χ0v) is 18.8. The van der Waals surface area contributed by atoms with Crippen molar-refractivity contribution in [2.24, 2.45) is 5.92 Å². The number of aromatic nitrogens is 2. The van der Waals surface area contributed by atoms with Crippen molar-refractivity contribution >= 4 is 34.7 Å². The van der Waals surface area contributed by atoms with Gasteiger partial charge in [0.1, 0.15) is 0 Å². The largest absolute Gasteiger partial charge is 0.332 e. The van der Waals surface area contributed by atoms with Crippen molar-refractivity contribution in [3.05, 3.63) is 68.7 Å². The van der Waals surface area contributed by atoms with E-state index in [0.29, 0.717) is 27.8 Å². The highest BCUT2D eigenvalue weighted by Crippen LogP contribution is 2.19. The summed E-state index contributed by atoms with van der Waals surface area (Å²) in [5, 5.41) is 3.45. The van der Waals surface area contributed by atoms with E-state index in [-0.39, 0.29) is 11.5 Å². The number of carbonyl (C=O) groups excluding carboxylic acids is 1. The Morgan fingerprint density at radius 3 is 2.55 bits per heavy atom. The second-order valence-electron chi connectivity index (χ2n) is 8.35. The minimum absolute atomic E-state index is 0.146. The summed E-state index contributed by atoms with van der Waals surface area (Å²) in [4.78, 5) is 30.8. The van der Waals surface area contributed by atoms with E-state index in [1.165, 1.54) is 23.0 Å². The van der Waals surface area contributed by atoms with Crippen LogP contribution in [0.4, 0.5) is 5.69 Å². The molecule has 3 aromatic rings. The van der Waals surface area contributed by atoms with Crippen molar-refractivity contribution in [1.82, 2.24) is 14.5 Å². The molecule has 1 aromatic heterocycles. The van der Waals surface area contributed by atoms with Crippen LogP contribution in [-0.4, -0.2) is 33.4 Å². The average molecular weight is 437 g/mol. The van der Waals surface area contributed by atoms with Gasteiger partial charge in [-0.15, -0.1) is 0 Å². The summed E-state index contributed by atoms with van der Waals surface area (Å²) >= 11 is 5.26. The maximum Gasteiger partial charge on any atom is 0.262 e. The average Bonchev–Trinajstić information content (AvgIpc) is 2.76. The van der Waals surface area contributed by atoms with Crippen LogP contribution < -0.4 is 10.9 Å². The van der Waals surface area contributed by atoms with Crippen molar-refractivity contribution in [1.29, 1.82) is 0 Å². The number of likely N-dealkylation sites (tertiary alicyclic amines) is 1. The minimum Gasteiger partial charge on any atom is -0.332 e. The molecule has 1 saturated heterocycles. The van der Waals surface area contributed by atoms with E-state index in [1.807, 2.05) is 19.1 Å². The highest BCUT2D eigenvalue weighted by atomic mass is 32.1. The van der Waals surface area contributed by atoms with Crippen molar-refractivity contribution in [2.45, 2.75) is 39.8 Å². The lowest BCUT2D eigenvalue weighted by Gasteiger charge is -2.30. The van der Waals surface area contributed by atoms with E-state index in [4.69, 9.17) is 12.2 Å². The third kappa shape index (κ3) is 4.78. The second-order valence-corrected chi connectivity index (χ2v) is 8.74. The first-order chi connectivity index (χ1) is 14.9. The zero-order chi connectivity index (χ0) is 22.0. The molecule has 31 heavy (non-hydrogen) atoms. The summed E-state index contributed by atoms with van der Waals surface area (Å²) in [5.74, 6) is 0.602. The third-order valence-corrected chi connectivity index (χ3v) is 6.38. The van der Waals surface area contributed by atoms with Gasteiger partial charge in [0.25, 0.3) is 11.5 Å². The van der Waals surface area contributed by atoms with Crippen LogP contribution >= 0.6 is 12.2 Å². The summed E-state index contributed by atoms with van der Waals surface area (Å²) in [7, 11) is 0. The Morgan fingerprint density at radius 2 is 1.87 bits per heavy atom. The first-order valence-electron chi connectivity index (χ1n) is 10.8. The summed E-state index contributed by atoms with van der Waals surface area (Å²) in [5.41, 5.74) is 2.89. The number of nitrogens with one attached hydrogen (secondary N) is 2. The number of hydrogen-bond donors (Lipinski definition) is 2. The van der Waals surface area contributed by atoms with Crippen LogP contribution in [0.3, 0.4) is 0 Å². The third-order valence-electron chi connectivity index (χ3n) is 6.05. The summed E-state index contributed by atoms with van der Waals surface area (Å²) in [6, 6.07) is 13.0. The zero-order valence-electron chi connectivity index (χ0n) is 18.0. The highest BCUT2D eigenvalue weighted by Gasteiger charge is 2.16. The topological polar surface area (TPSA) is 70.1 Å². The molecule has 0 atom stereocenters. The molecule has 7 heteroatoms. The number of fused-ring (bicyclic) bond motifs is 1. The van der Waals surface area contributed by atoms with E-state index in [2.05, 4.69) is 34.3 Å². The van der Waals surface area contributed by atoms with Gasteiger partial charge in [0.2, 0.25) is 0 Å². The number of benzene rings is 2. The Labute approximate surface area is 186 Å². The normalized spacial score (nSPS) is 15.3. The van der Waals surface area contributed by atoms with Crippen LogP contribution in [0.15, 0.2) is 47.3 Å². The lowest BCUT2D eigenvalue weighted by atomic mass is 9.99. The molecular weight excluding hydrogens is 408 g/mol. The number of hydrogen-bond acceptors (Lipinski definition) is 4. The molecule has 1 aliphatic rings. The van der Waals surface area contributed by atoms with Crippen LogP contribution in [-0.2, 0) is 13.1 Å². The Balaban J connectivity index is 1.46. The van der Waals surface area contributed by atoms with Gasteiger partial charge in [-0.1, -0.05) is 19.1 Å². The molecule has 4 rings (SSSR count). The van der Waals surface area contributed by atoms with E-state index in [1.54, 1.807) is 18.2 Å². The van der Waals surface area contributed by atoms with Crippen LogP contribution in [0.25, 0.3) is 10.9 Å². The van der Waals surface area contributed by atoms with Gasteiger partial charge in [-0.05, 0) is 86.9 Å². The van der Waals surface area contributed by atoms with E-state index in [9.17, 15) is 9.59 Å². The first kappa shape index (κ1) is 21.5. The van der Waals surface area contributed by atoms with Gasteiger partial charge < -0.3 is 10.3 Å². The minimum atomic E-state index is -0.223. The smallest absolute Gasteiger partial charge is 0.262 e. The molecule has 0 aliphatic carbocycles. The van der Waals surface area contributed by atoms with Crippen molar-refractivity contribution in [3.8, 4) is 0 Å². The van der Waals surface area contributed by atoms with Gasteiger partial charge in [0.05, 0.1) is 10.9 Å². The summed E-state index contributed by atoms with van der Waals surface area (Å²) in [6.07, 6.45) is 2.52. The van der Waals surface area contributed by atoms with E-state index in [0.717, 1.165) is 31.2 Å². The number of piperidine rings is 1. The van der Waals surface area contributed by atoms with Gasteiger partial charge in [-0.3, -0.25) is 19.1 Å². The number of amides is 1. The fraction of sp³-hybridized carbons (Fsp3) is 0.375. The van der Waals surface area contributed by atoms with Gasteiger partial charge in [-0.25, -0.2) is 0 Å². The van der Waals surface area contributed by atoms with Crippen LogP contribution in [0.1, 0.15) is 42.6 Å². The quantitative estimate of drug-likeness (QED) is 0.575. The molecule has 2 heterocycles. The molecule has 162 valence electrons. The molecule has 0 radical (unpaired) electrons. The van der Waals surface area contributed by atoms with Gasteiger partial charge >= 0.3 is 0 Å². The molecule has 2 aromatic carbocycles. The highest BCUT2D eigenvalue weighted by molar-refractivity contribution is 7.71. The lowest BCUT2D eigenvalue weighted by Crippen LogP contribution is -2.32. The molecule has 0 spiro atoms. The van der Waals surface area contributed by atoms with Crippen LogP contribution in [0.5, 0.6) is 0 Å². The maximum absolute atomic E-state index is 12.7. The lowest BCUT2D eigenvalue weighted by molar-refractivity contribution is 0.102. The number of rotatable bonds is 5. The molecule has 2 N–H and O–H groups in total. The number of anilines is 1. The van der Waals surface area contributed by atoms with Crippen molar-refractivity contribution < 1.29 is 4.79 Å². The number of aromatic amines is 1. The summed E-state index contributed by atoms with van der Waals surface area (Å²) < 4.78 is 1.86. The number of nitrogens with zero attached hydrogens (tertiary/aromatic N) is 2. The predicted molar refractivity (Wildman–Crippen MR) is 127 cm³/mol. The molecular formula is C24H28N4O2S. The van der Waals surface area contributed by atoms with Gasteiger partial charge in [0.15, 0.2) is 4.77 Å². The second kappa shape index (κ2) is 9.16. The van der Waals surface area contributed by atoms with Crippen LogP contribution in [0, 0.1) is 10.7 Å². The number of carbonyl (C=O) groups is 1. The Kier molecular flexibility index (Phi) is 6.34. The maximum atomic E-state index is 12.7. The first-order valence-corrected chi connectivity index (χ1v) is 11.2. The molecule has 0 saturated carbocycles. The Bertz CT molecular complexity index is 1200. The molecule has 1 fully saturated rings. The predicted octanol–water partition coefficient (Wildman–Crippen LogP) is 4.56. The van der Waals surface area contributed by atoms with Gasteiger partial charge in [0, 0.05) is 24.3 Å². The van der Waals surface area contributed by atoms with Gasteiger partial charge in [-0.2, -0.15) is 0 Å². The molecule has 6 nitrogen and oxygen atoms in total. The van der Waals surface area contributed by atoms with Crippen molar-refractivity contribution in [2.75, 3.05) is 18.4 Å². The van der Waals surface area contributed by atoms with E-state index < -0.39 is 0 Å². The Hall–Kier alpha value is -2.77. The fourth-order valence-electron chi connectivity index (χ4n) is 4.06. The van der Waals surface area contributed by atoms with Crippen LogP contribution in [0.2, 0.25) is 0 Å². The fourth-order valence-corrected chi connectivity index (χ4v) is 4.38. The van der Waals surface area contributed by atoms with E-state index >= 15 is 0 Å². The molecule has 1 amide bonds. The molecule has 0 unspecified atom stereocenters. The van der Waals surface area contributed by atoms with Crippen molar-refractivity contribution in [3.63, 3.8) is 0 Å². The monoisotopic (exact) mass is 436 g/mol. The summed E-state index contributed by atoms with van der Waals surface area (Å²) in [6.45, 7) is 7.93.